The quantitative estimate of drug-likeness (QED) is 0.521. The fourth-order valence-electron chi connectivity index (χ4n) is 2.71. The number of allylic oxidation sites excluding steroid dienone is 1. The number of carbonyl (C=O) groups excluding carboxylic acids is 2. The van der Waals surface area contributed by atoms with Gasteiger partial charge in [-0.3, -0.25) is 14.6 Å². The number of fused-ring (bicyclic) bond motifs is 1. The average Bonchev–Trinajstić information content (AvgIpc) is 2.77. The van der Waals surface area contributed by atoms with Crippen molar-refractivity contribution < 1.29 is 28.1 Å². The van der Waals surface area contributed by atoms with Crippen molar-refractivity contribution in [3.05, 3.63) is 100.0 Å². The van der Waals surface area contributed by atoms with E-state index in [9.17, 15) is 23.0 Å². The van der Waals surface area contributed by atoms with Crippen LogP contribution in [0.2, 0.25) is 0 Å². The molecule has 1 aliphatic heterocycles. The fourth-order valence-corrected chi connectivity index (χ4v) is 3.72. The minimum absolute atomic E-state index is 0.0447. The lowest BCUT2D eigenvalue weighted by molar-refractivity contribution is 0.0696. The van der Waals surface area contributed by atoms with Crippen LogP contribution in [0.3, 0.4) is 0 Å². The molecular formula is C22H16FN3O5S. The number of pyridine rings is 1. The van der Waals surface area contributed by atoms with Crippen LogP contribution in [0, 0.1) is 5.82 Å². The highest BCUT2D eigenvalue weighted by molar-refractivity contribution is 7.91. The molecule has 1 aliphatic rings. The monoisotopic (exact) mass is 453 g/mol. The van der Waals surface area contributed by atoms with Gasteiger partial charge >= 0.3 is 5.97 Å². The lowest BCUT2D eigenvalue weighted by Crippen LogP contribution is -2.23. The molecule has 3 aromatic rings. The van der Waals surface area contributed by atoms with Crippen LogP contribution in [0.25, 0.3) is 6.08 Å². The van der Waals surface area contributed by atoms with Gasteiger partial charge in [0.1, 0.15) is 10.7 Å². The normalized spacial score (nSPS) is 15.7. The number of nitrogens with one attached hydrogen (secondary N) is 1. The maximum absolute atomic E-state index is 13.2. The highest BCUT2D eigenvalue weighted by Crippen LogP contribution is 2.29. The van der Waals surface area contributed by atoms with E-state index in [4.69, 9.17) is 10.8 Å². The van der Waals surface area contributed by atoms with Crippen LogP contribution < -0.4 is 10.5 Å². The molecule has 1 unspecified atom stereocenters. The summed E-state index contributed by atoms with van der Waals surface area (Å²) in [4.78, 5) is 37.6. The number of carboxylic acid groups (broad SMARTS) is 1. The Bertz CT molecular complexity index is 1260. The molecule has 0 bridgehead atoms. The second-order valence-electron chi connectivity index (χ2n) is 6.43. The van der Waals surface area contributed by atoms with Crippen molar-refractivity contribution in [3.8, 4) is 0 Å². The van der Waals surface area contributed by atoms with E-state index in [1.165, 1.54) is 54.9 Å². The molecule has 0 aliphatic carbocycles. The number of nitrogens with zero attached hydrogens (tertiary/aromatic N) is 1. The van der Waals surface area contributed by atoms with Crippen LogP contribution in [0.1, 0.15) is 36.6 Å². The van der Waals surface area contributed by atoms with E-state index in [-0.39, 0.29) is 16.0 Å². The number of amides is 1. The summed E-state index contributed by atoms with van der Waals surface area (Å²) >= 11 is 0. The second-order valence-corrected chi connectivity index (χ2v) is 7.61. The van der Waals surface area contributed by atoms with Crippen LogP contribution in [-0.4, -0.2) is 32.0 Å². The number of Topliss-reactive ketones (excluding diaryl/α,β-unsaturated/α-hetero) is 1. The van der Waals surface area contributed by atoms with Gasteiger partial charge in [0.15, 0.2) is 11.0 Å². The second kappa shape index (κ2) is 9.75. The van der Waals surface area contributed by atoms with E-state index in [1.54, 1.807) is 18.2 Å². The molecule has 4 rings (SSSR count). The van der Waals surface area contributed by atoms with Crippen molar-refractivity contribution in [3.63, 3.8) is 0 Å². The predicted molar refractivity (Wildman–Crippen MR) is 117 cm³/mol. The number of carbonyl (C=O) groups is 3. The number of anilines is 1. The lowest BCUT2D eigenvalue weighted by atomic mass is 10.0. The molecule has 0 fully saturated rings. The molecule has 0 saturated heterocycles. The number of benzene rings is 2. The summed E-state index contributed by atoms with van der Waals surface area (Å²) in [5, 5.41) is 9.01. The molecule has 0 spiro atoms. The fraction of sp³-hybridized carbons (Fsp3) is 0. The summed E-state index contributed by atoms with van der Waals surface area (Å²) in [5.41, 5.74) is 6.20. The molecule has 0 radical (unpaired) electrons. The zero-order chi connectivity index (χ0) is 23.3. The molecule has 2 heterocycles. The number of nitrogens with two attached hydrogens (primary N) is 1. The zero-order valence-corrected chi connectivity index (χ0v) is 17.1. The van der Waals surface area contributed by atoms with E-state index < -0.39 is 34.5 Å². The van der Waals surface area contributed by atoms with Gasteiger partial charge in [-0.1, -0.05) is 12.1 Å². The summed E-state index contributed by atoms with van der Waals surface area (Å²) in [6.45, 7) is 0. The van der Waals surface area contributed by atoms with E-state index in [1.807, 2.05) is 0 Å². The lowest BCUT2D eigenvalue weighted by Gasteiger charge is -2.19. The van der Waals surface area contributed by atoms with E-state index in [0.717, 1.165) is 0 Å². The van der Waals surface area contributed by atoms with Gasteiger partial charge in [-0.15, -0.1) is 0 Å². The van der Waals surface area contributed by atoms with Gasteiger partial charge in [0, 0.05) is 23.5 Å². The van der Waals surface area contributed by atoms with Gasteiger partial charge in [-0.05, 0) is 54.1 Å². The SMILES string of the molecule is NC(=O)c1ccncc1.O=C(O)c1ccc2c(c1)C(=O)/C(=C/c1cccc(F)c1)S(=O)N2. The summed E-state index contributed by atoms with van der Waals surface area (Å²) in [6.07, 6.45) is 4.38. The largest absolute Gasteiger partial charge is 0.478 e. The number of aromatic carboxylic acids is 1. The highest BCUT2D eigenvalue weighted by atomic mass is 32.2. The van der Waals surface area contributed by atoms with E-state index in [0.29, 0.717) is 16.8 Å². The Morgan fingerprint density at radius 2 is 1.78 bits per heavy atom. The first-order chi connectivity index (χ1) is 15.3. The van der Waals surface area contributed by atoms with Crippen molar-refractivity contribution in [1.29, 1.82) is 0 Å². The summed E-state index contributed by atoms with van der Waals surface area (Å²) in [5.74, 6) is -2.61. The van der Waals surface area contributed by atoms with Crippen LogP contribution in [-0.2, 0) is 11.0 Å². The summed E-state index contributed by atoms with van der Waals surface area (Å²) in [6, 6.07) is 12.6. The Labute approximate surface area is 184 Å². The zero-order valence-electron chi connectivity index (χ0n) is 16.3. The van der Waals surface area contributed by atoms with Crippen LogP contribution in [0.4, 0.5) is 10.1 Å². The minimum atomic E-state index is -1.80. The molecule has 4 N–H and O–H groups in total. The first-order valence-corrected chi connectivity index (χ1v) is 10.2. The predicted octanol–water partition coefficient (Wildman–Crippen LogP) is 3.02. The summed E-state index contributed by atoms with van der Waals surface area (Å²) < 4.78 is 28.0. The number of ketones is 1. The van der Waals surface area contributed by atoms with Crippen molar-refractivity contribution in [2.45, 2.75) is 0 Å². The van der Waals surface area contributed by atoms with Crippen LogP contribution in [0.15, 0.2) is 71.9 Å². The standard InChI is InChI=1S/C16H10FNO4S.C6H6N2O/c17-11-3-1-2-9(6-11)7-14-15(19)12-8-10(16(20)21)4-5-13(12)18-23(14)22;7-6(9)5-1-3-8-4-2-5/h1-8,18H,(H,20,21);1-4H,(H2,7,9)/b14-7-;. The van der Waals surface area contributed by atoms with Crippen molar-refractivity contribution in [2.75, 3.05) is 4.72 Å². The molecule has 1 atom stereocenters. The number of carboxylic acids is 1. The van der Waals surface area contributed by atoms with Gasteiger partial charge in [0.25, 0.3) is 0 Å². The molecule has 32 heavy (non-hydrogen) atoms. The van der Waals surface area contributed by atoms with Crippen molar-refractivity contribution in [1.82, 2.24) is 4.98 Å². The van der Waals surface area contributed by atoms with Crippen molar-refractivity contribution in [2.24, 2.45) is 5.73 Å². The Morgan fingerprint density at radius 1 is 1.06 bits per heavy atom. The van der Waals surface area contributed by atoms with Gasteiger partial charge in [0.05, 0.1) is 11.3 Å². The van der Waals surface area contributed by atoms with Gasteiger partial charge in [0.2, 0.25) is 11.7 Å². The molecule has 2 aromatic carbocycles. The summed E-state index contributed by atoms with van der Waals surface area (Å²) in [7, 11) is -1.80. The van der Waals surface area contributed by atoms with Crippen molar-refractivity contribution >= 4 is 40.4 Å². The molecule has 162 valence electrons. The minimum Gasteiger partial charge on any atom is -0.478 e. The Morgan fingerprint density at radius 3 is 2.38 bits per heavy atom. The third-order valence-corrected chi connectivity index (χ3v) is 5.36. The van der Waals surface area contributed by atoms with E-state index >= 15 is 0 Å². The van der Waals surface area contributed by atoms with E-state index in [2.05, 4.69) is 9.71 Å². The number of hydrogen-bond acceptors (Lipinski definition) is 5. The maximum atomic E-state index is 13.2. The van der Waals surface area contributed by atoms with Crippen LogP contribution >= 0.6 is 0 Å². The van der Waals surface area contributed by atoms with Crippen LogP contribution in [0.5, 0.6) is 0 Å². The smallest absolute Gasteiger partial charge is 0.335 e. The molecule has 8 nitrogen and oxygen atoms in total. The molecule has 1 amide bonds. The topological polar surface area (TPSA) is 139 Å². The first-order valence-electron chi connectivity index (χ1n) is 9.04. The Kier molecular flexibility index (Phi) is 6.86. The first kappa shape index (κ1) is 22.5. The van der Waals surface area contributed by atoms with Gasteiger partial charge in [-0.25, -0.2) is 13.4 Å². The third kappa shape index (κ3) is 5.29. The third-order valence-electron chi connectivity index (χ3n) is 4.25. The number of primary amides is 1. The maximum Gasteiger partial charge on any atom is 0.335 e. The average molecular weight is 453 g/mol. The van der Waals surface area contributed by atoms with Gasteiger partial charge in [-0.2, -0.15) is 0 Å². The highest BCUT2D eigenvalue weighted by Gasteiger charge is 2.28. The number of hydrogen-bond donors (Lipinski definition) is 3. The molecular weight excluding hydrogens is 437 g/mol. The Hall–Kier alpha value is -4.18. The number of aromatic nitrogens is 1. The van der Waals surface area contributed by atoms with Gasteiger partial charge < -0.3 is 15.6 Å². The number of rotatable bonds is 3. The molecule has 0 saturated carbocycles. The molecule has 1 aromatic heterocycles. The number of halogens is 1. The molecule has 10 heteroatoms. The Balaban J connectivity index is 0.000000269.